The predicted molar refractivity (Wildman–Crippen MR) is 61.6 cm³/mol. The molecule has 0 aliphatic heterocycles. The minimum atomic E-state index is -4.53. The standard InChI is InChI=1S/C9H21NO6S/c1-9(2,7-11)10(3,4)5-8(12)6-16-17(13,14)15/h8,11-12H,5-7H2,1-4H3/p+1. The Bertz CT molecular complexity index is 337. The van der Waals surface area contributed by atoms with E-state index in [9.17, 15) is 18.6 Å². The van der Waals surface area contributed by atoms with Gasteiger partial charge in [-0.1, -0.05) is 0 Å². The molecule has 17 heavy (non-hydrogen) atoms. The molecule has 0 fully saturated rings. The van der Waals surface area contributed by atoms with Gasteiger partial charge in [-0.05, 0) is 13.8 Å². The van der Waals surface area contributed by atoms with Gasteiger partial charge < -0.3 is 14.7 Å². The molecule has 0 aromatic heterocycles. The highest BCUT2D eigenvalue weighted by atomic mass is 32.3. The van der Waals surface area contributed by atoms with Crippen molar-refractivity contribution in [2.75, 3.05) is 33.9 Å². The summed E-state index contributed by atoms with van der Waals surface area (Å²) in [6, 6.07) is 0. The van der Waals surface area contributed by atoms with E-state index in [2.05, 4.69) is 4.18 Å². The van der Waals surface area contributed by atoms with E-state index in [-0.39, 0.29) is 17.6 Å². The van der Waals surface area contributed by atoms with Crippen molar-refractivity contribution in [3.05, 3.63) is 0 Å². The molecule has 0 aliphatic carbocycles. The first-order valence-corrected chi connectivity index (χ1v) is 6.52. The fourth-order valence-corrected chi connectivity index (χ4v) is 1.51. The van der Waals surface area contributed by atoms with Gasteiger partial charge in [-0.25, -0.2) is 4.18 Å². The first-order valence-electron chi connectivity index (χ1n) is 5.15. The topological polar surface area (TPSA) is 104 Å². The van der Waals surface area contributed by atoms with Crippen molar-refractivity contribution in [2.45, 2.75) is 25.5 Å². The Hall–Kier alpha value is -0.250. The van der Waals surface area contributed by atoms with E-state index in [1.807, 2.05) is 13.8 Å². The maximum Gasteiger partial charge on any atom is 0.397 e. The minimum absolute atomic E-state index is 0.0775. The first-order chi connectivity index (χ1) is 7.41. The molecule has 0 heterocycles. The summed E-state index contributed by atoms with van der Waals surface area (Å²) in [4.78, 5) is 0. The molecule has 3 N–H and O–H groups in total. The van der Waals surface area contributed by atoms with Crippen molar-refractivity contribution >= 4 is 10.4 Å². The Balaban J connectivity index is 4.43. The van der Waals surface area contributed by atoms with Crippen LogP contribution in [0.2, 0.25) is 0 Å². The summed E-state index contributed by atoms with van der Waals surface area (Å²) in [5.41, 5.74) is -0.487. The fourth-order valence-electron chi connectivity index (χ4n) is 1.18. The normalized spacial score (nSPS) is 15.9. The molecule has 0 bridgehead atoms. The van der Waals surface area contributed by atoms with Crippen LogP contribution in [0, 0.1) is 0 Å². The Morgan fingerprint density at radius 1 is 1.35 bits per heavy atom. The number of nitrogens with zero attached hydrogens (tertiary/aromatic N) is 1. The van der Waals surface area contributed by atoms with Crippen molar-refractivity contribution in [1.29, 1.82) is 0 Å². The molecule has 1 atom stereocenters. The highest BCUT2D eigenvalue weighted by Crippen LogP contribution is 2.20. The molecule has 0 rings (SSSR count). The van der Waals surface area contributed by atoms with Gasteiger partial charge in [-0.3, -0.25) is 4.55 Å². The van der Waals surface area contributed by atoms with Crippen LogP contribution < -0.4 is 0 Å². The highest BCUT2D eigenvalue weighted by molar-refractivity contribution is 7.80. The smallest absolute Gasteiger partial charge is 0.390 e. The van der Waals surface area contributed by atoms with Crippen molar-refractivity contribution in [3.63, 3.8) is 0 Å². The third-order valence-electron chi connectivity index (χ3n) is 3.10. The Labute approximate surface area is 102 Å². The second kappa shape index (κ2) is 5.59. The third-order valence-corrected chi connectivity index (χ3v) is 3.54. The summed E-state index contributed by atoms with van der Waals surface area (Å²) in [5.74, 6) is 0. The SMILES string of the molecule is CC(C)(CO)[N+](C)(C)CC(O)COS(=O)(=O)O. The lowest BCUT2D eigenvalue weighted by molar-refractivity contribution is -0.941. The summed E-state index contributed by atoms with van der Waals surface area (Å²) in [7, 11) is -0.935. The molecule has 1 unspecified atom stereocenters. The Kier molecular flexibility index (Phi) is 5.51. The second-order valence-electron chi connectivity index (χ2n) is 5.20. The molecule has 0 radical (unpaired) electrons. The average molecular weight is 272 g/mol. The second-order valence-corrected chi connectivity index (χ2v) is 6.30. The molecule has 0 saturated heterocycles. The number of aliphatic hydroxyl groups excluding tert-OH is 2. The van der Waals surface area contributed by atoms with Crippen LogP contribution in [-0.2, 0) is 14.6 Å². The van der Waals surface area contributed by atoms with Crippen LogP contribution in [0.25, 0.3) is 0 Å². The van der Waals surface area contributed by atoms with Crippen LogP contribution in [0.4, 0.5) is 0 Å². The van der Waals surface area contributed by atoms with Gasteiger partial charge in [0.05, 0.1) is 20.7 Å². The van der Waals surface area contributed by atoms with Gasteiger partial charge >= 0.3 is 10.4 Å². The quantitative estimate of drug-likeness (QED) is 0.406. The van der Waals surface area contributed by atoms with Crippen molar-refractivity contribution < 1.29 is 31.8 Å². The van der Waals surface area contributed by atoms with Gasteiger partial charge in [0.15, 0.2) is 0 Å². The van der Waals surface area contributed by atoms with Crippen LogP contribution in [0.5, 0.6) is 0 Å². The van der Waals surface area contributed by atoms with Crippen LogP contribution in [0.3, 0.4) is 0 Å². The zero-order valence-corrected chi connectivity index (χ0v) is 11.4. The lowest BCUT2D eigenvalue weighted by Gasteiger charge is -2.44. The zero-order valence-electron chi connectivity index (χ0n) is 10.6. The van der Waals surface area contributed by atoms with Gasteiger partial charge in [0, 0.05) is 0 Å². The molecule has 0 aromatic rings. The fraction of sp³-hybridized carbons (Fsp3) is 1.00. The van der Waals surface area contributed by atoms with Crippen LogP contribution in [0.1, 0.15) is 13.8 Å². The lowest BCUT2D eigenvalue weighted by atomic mass is 10.0. The molecule has 7 nitrogen and oxygen atoms in total. The summed E-state index contributed by atoms with van der Waals surface area (Å²) in [6.45, 7) is 3.24. The molecular formula is C9H22NO6S+. The molecule has 0 aliphatic rings. The summed E-state index contributed by atoms with van der Waals surface area (Å²) in [5, 5.41) is 18.8. The molecule has 8 heteroatoms. The number of hydrogen-bond donors (Lipinski definition) is 3. The molecular weight excluding hydrogens is 250 g/mol. The number of likely N-dealkylation sites (N-methyl/N-ethyl adjacent to an activating group) is 1. The van der Waals surface area contributed by atoms with E-state index >= 15 is 0 Å². The minimum Gasteiger partial charge on any atom is -0.390 e. The van der Waals surface area contributed by atoms with Crippen LogP contribution in [0.15, 0.2) is 0 Å². The molecule has 0 spiro atoms. The van der Waals surface area contributed by atoms with Crippen molar-refractivity contribution in [2.24, 2.45) is 0 Å². The van der Waals surface area contributed by atoms with E-state index in [0.29, 0.717) is 0 Å². The molecule has 0 amide bonds. The van der Waals surface area contributed by atoms with E-state index in [1.165, 1.54) is 0 Å². The summed E-state index contributed by atoms with van der Waals surface area (Å²) < 4.78 is 33.4. The van der Waals surface area contributed by atoms with E-state index in [1.54, 1.807) is 14.1 Å². The first kappa shape index (κ1) is 16.8. The lowest BCUT2D eigenvalue weighted by Crippen LogP contribution is -2.61. The summed E-state index contributed by atoms with van der Waals surface area (Å²) >= 11 is 0. The number of hydrogen-bond acceptors (Lipinski definition) is 5. The number of aliphatic hydroxyl groups is 2. The highest BCUT2D eigenvalue weighted by Gasteiger charge is 2.37. The molecule has 104 valence electrons. The van der Waals surface area contributed by atoms with Gasteiger partial charge in [0.25, 0.3) is 0 Å². The Morgan fingerprint density at radius 2 is 1.82 bits per heavy atom. The van der Waals surface area contributed by atoms with Gasteiger partial charge in [0.2, 0.25) is 0 Å². The van der Waals surface area contributed by atoms with E-state index < -0.39 is 28.6 Å². The molecule has 0 aromatic carbocycles. The van der Waals surface area contributed by atoms with Crippen molar-refractivity contribution in [1.82, 2.24) is 0 Å². The van der Waals surface area contributed by atoms with Gasteiger partial charge in [0.1, 0.15) is 24.8 Å². The Morgan fingerprint density at radius 3 is 2.18 bits per heavy atom. The zero-order chi connectivity index (χ0) is 13.9. The van der Waals surface area contributed by atoms with E-state index in [4.69, 9.17) is 4.55 Å². The predicted octanol–water partition coefficient (Wildman–Crippen LogP) is -0.986. The molecule has 0 saturated carbocycles. The van der Waals surface area contributed by atoms with E-state index in [0.717, 1.165) is 0 Å². The van der Waals surface area contributed by atoms with Gasteiger partial charge in [-0.2, -0.15) is 8.42 Å². The van der Waals surface area contributed by atoms with Crippen molar-refractivity contribution in [3.8, 4) is 0 Å². The largest absolute Gasteiger partial charge is 0.397 e. The average Bonchev–Trinajstić information content (AvgIpc) is 2.12. The summed E-state index contributed by atoms with van der Waals surface area (Å²) in [6.07, 6.45) is -1.06. The maximum atomic E-state index is 10.3. The van der Waals surface area contributed by atoms with Crippen LogP contribution >= 0.6 is 0 Å². The monoisotopic (exact) mass is 272 g/mol. The van der Waals surface area contributed by atoms with Crippen LogP contribution in [-0.4, -0.2) is 73.2 Å². The third kappa shape index (κ3) is 5.75. The number of quaternary nitrogens is 1. The van der Waals surface area contributed by atoms with Gasteiger partial charge in [-0.15, -0.1) is 0 Å². The maximum absolute atomic E-state index is 10.3. The number of rotatable bonds is 7.